The van der Waals surface area contributed by atoms with E-state index >= 15 is 0 Å². The van der Waals surface area contributed by atoms with Crippen LogP contribution in [0.5, 0.6) is 0 Å². The Morgan fingerprint density at radius 2 is 1.84 bits per heavy atom. The number of aromatic carboxylic acids is 1. The van der Waals surface area contributed by atoms with Crippen LogP contribution in [-0.4, -0.2) is 47.3 Å². The Bertz CT molecular complexity index is 1310. The summed E-state index contributed by atoms with van der Waals surface area (Å²) < 4.78 is 46.8. The number of likely N-dealkylation sites (tertiary alicyclic amines) is 1. The van der Waals surface area contributed by atoms with Crippen molar-refractivity contribution in [3.63, 3.8) is 0 Å². The number of hydrogen-bond donors (Lipinski definition) is 1. The average Bonchev–Trinajstić information content (AvgIpc) is 3.49. The van der Waals surface area contributed by atoms with Crippen molar-refractivity contribution in [3.8, 4) is 10.4 Å². The molecule has 5 rings (SSSR count). The van der Waals surface area contributed by atoms with Crippen molar-refractivity contribution >= 4 is 29.1 Å². The summed E-state index contributed by atoms with van der Waals surface area (Å²) in [6, 6.07) is 12.8. The summed E-state index contributed by atoms with van der Waals surface area (Å²) in [4.78, 5) is 28.3. The standard InChI is InChI=1S/C27H25F3N2O4S/c1-17-13-21(23-3-2-12-37-23)19(14-22(17)27(28,29)30)15-31-10-8-26(9-11-31)16-32(25(35)36-26)20-6-4-18(5-7-20)24(33)34/h2-7,12-14H,8-11,15-16H2,1H3,(H,33,34). The van der Waals surface area contributed by atoms with Crippen molar-refractivity contribution in [2.75, 3.05) is 24.5 Å². The number of thiophene rings is 1. The fourth-order valence-electron chi connectivity index (χ4n) is 5.08. The van der Waals surface area contributed by atoms with Gasteiger partial charge in [-0.3, -0.25) is 9.80 Å². The van der Waals surface area contributed by atoms with Crippen LogP contribution in [0.1, 0.15) is 39.9 Å². The third-order valence-electron chi connectivity index (χ3n) is 7.10. The van der Waals surface area contributed by atoms with E-state index in [1.54, 1.807) is 18.2 Å². The Morgan fingerprint density at radius 3 is 2.43 bits per heavy atom. The molecule has 10 heteroatoms. The first-order valence-electron chi connectivity index (χ1n) is 11.9. The van der Waals surface area contributed by atoms with Crippen molar-refractivity contribution in [1.29, 1.82) is 0 Å². The Morgan fingerprint density at radius 1 is 1.14 bits per heavy atom. The molecule has 0 unspecified atom stereocenters. The lowest BCUT2D eigenvalue weighted by molar-refractivity contribution is -0.138. The third-order valence-corrected chi connectivity index (χ3v) is 8.00. The number of rotatable bonds is 5. The molecule has 2 aliphatic rings. The largest absolute Gasteiger partial charge is 0.478 e. The van der Waals surface area contributed by atoms with Gasteiger partial charge in [0.25, 0.3) is 0 Å². The van der Waals surface area contributed by atoms with Crippen LogP contribution in [0.25, 0.3) is 10.4 Å². The number of amides is 1. The average molecular weight is 531 g/mol. The van der Waals surface area contributed by atoms with Gasteiger partial charge in [-0.05, 0) is 71.5 Å². The zero-order valence-electron chi connectivity index (χ0n) is 20.0. The number of carboxylic acids is 1. The highest BCUT2D eigenvalue weighted by Crippen LogP contribution is 2.40. The Hall–Kier alpha value is -3.37. The predicted molar refractivity (Wildman–Crippen MR) is 134 cm³/mol. The fraction of sp³-hybridized carbons (Fsp3) is 0.333. The molecule has 2 saturated heterocycles. The number of piperidine rings is 1. The SMILES string of the molecule is Cc1cc(-c2cccs2)c(CN2CCC3(CC2)CN(c2ccc(C(=O)O)cc2)C(=O)O3)cc1C(F)(F)F. The first-order chi connectivity index (χ1) is 17.5. The molecule has 1 aromatic heterocycles. The second-order valence-corrected chi connectivity index (χ2v) is 10.5. The van der Waals surface area contributed by atoms with Gasteiger partial charge in [-0.2, -0.15) is 13.2 Å². The van der Waals surface area contributed by atoms with E-state index in [1.807, 2.05) is 17.5 Å². The molecule has 0 aliphatic carbocycles. The summed E-state index contributed by atoms with van der Waals surface area (Å²) in [6.07, 6.45) is -3.81. The van der Waals surface area contributed by atoms with Gasteiger partial charge in [-0.25, -0.2) is 9.59 Å². The number of carboxylic acid groups (broad SMARTS) is 1. The lowest BCUT2D eigenvalue weighted by Gasteiger charge is -2.37. The molecule has 1 N–H and O–H groups in total. The number of hydrogen-bond acceptors (Lipinski definition) is 5. The maximum absolute atomic E-state index is 13.7. The Labute approximate surface area is 215 Å². The van der Waals surface area contributed by atoms with Crippen LogP contribution in [0.4, 0.5) is 23.7 Å². The molecule has 0 bridgehead atoms. The summed E-state index contributed by atoms with van der Waals surface area (Å²) in [7, 11) is 0. The van der Waals surface area contributed by atoms with Crippen molar-refractivity contribution in [3.05, 3.63) is 76.2 Å². The zero-order valence-corrected chi connectivity index (χ0v) is 20.9. The molecule has 1 spiro atoms. The number of carbonyl (C=O) groups is 2. The van der Waals surface area contributed by atoms with Crippen molar-refractivity contribution < 1.29 is 32.6 Å². The minimum absolute atomic E-state index is 0.131. The van der Waals surface area contributed by atoms with Crippen molar-refractivity contribution in [1.82, 2.24) is 4.90 Å². The van der Waals surface area contributed by atoms with Crippen LogP contribution in [0.15, 0.2) is 53.9 Å². The van der Waals surface area contributed by atoms with Gasteiger partial charge in [0, 0.05) is 43.0 Å². The van der Waals surface area contributed by atoms with E-state index in [1.165, 1.54) is 41.4 Å². The summed E-state index contributed by atoms with van der Waals surface area (Å²) in [5.74, 6) is -1.04. The topological polar surface area (TPSA) is 70.1 Å². The van der Waals surface area contributed by atoms with Gasteiger partial charge in [0.05, 0.1) is 17.7 Å². The highest BCUT2D eigenvalue weighted by molar-refractivity contribution is 7.13. The molecule has 3 heterocycles. The van der Waals surface area contributed by atoms with Crippen LogP contribution in [0.3, 0.4) is 0 Å². The van der Waals surface area contributed by atoms with Gasteiger partial charge in [0.1, 0.15) is 5.60 Å². The number of halogens is 3. The van der Waals surface area contributed by atoms with E-state index in [0.29, 0.717) is 50.3 Å². The molecule has 37 heavy (non-hydrogen) atoms. The second-order valence-electron chi connectivity index (χ2n) is 9.56. The van der Waals surface area contributed by atoms with Crippen LogP contribution in [-0.2, 0) is 17.5 Å². The van der Waals surface area contributed by atoms with E-state index in [0.717, 1.165) is 10.4 Å². The lowest BCUT2D eigenvalue weighted by Crippen LogP contribution is -2.46. The maximum Gasteiger partial charge on any atom is 0.416 e. The fourth-order valence-corrected chi connectivity index (χ4v) is 5.85. The molecular weight excluding hydrogens is 505 g/mol. The first-order valence-corrected chi connectivity index (χ1v) is 12.7. The normalized spacial score (nSPS) is 17.8. The highest BCUT2D eigenvalue weighted by atomic mass is 32.1. The van der Waals surface area contributed by atoms with Crippen molar-refractivity contribution in [2.24, 2.45) is 0 Å². The van der Waals surface area contributed by atoms with E-state index in [-0.39, 0.29) is 11.1 Å². The molecule has 0 atom stereocenters. The molecule has 194 valence electrons. The first kappa shape index (κ1) is 25.3. The van der Waals surface area contributed by atoms with E-state index in [9.17, 15) is 22.8 Å². The van der Waals surface area contributed by atoms with E-state index in [4.69, 9.17) is 9.84 Å². The number of aryl methyl sites for hydroxylation is 1. The van der Waals surface area contributed by atoms with Gasteiger partial charge in [0.15, 0.2) is 0 Å². The van der Waals surface area contributed by atoms with Gasteiger partial charge in [-0.15, -0.1) is 11.3 Å². The molecule has 3 aromatic rings. The minimum Gasteiger partial charge on any atom is -0.478 e. The van der Waals surface area contributed by atoms with E-state index in [2.05, 4.69) is 4.90 Å². The molecular formula is C27H25F3N2O4S. The zero-order chi connectivity index (χ0) is 26.4. The summed E-state index contributed by atoms with van der Waals surface area (Å²) in [6.45, 7) is 3.33. The summed E-state index contributed by atoms with van der Waals surface area (Å²) >= 11 is 1.49. The number of anilines is 1. The van der Waals surface area contributed by atoms with E-state index < -0.39 is 29.4 Å². The maximum atomic E-state index is 13.7. The molecule has 2 aliphatic heterocycles. The lowest BCUT2D eigenvalue weighted by atomic mass is 9.90. The van der Waals surface area contributed by atoms with Gasteiger partial charge in [0.2, 0.25) is 0 Å². The van der Waals surface area contributed by atoms with Gasteiger partial charge < -0.3 is 9.84 Å². The Kier molecular flexibility index (Phi) is 6.49. The second kappa shape index (κ2) is 9.50. The van der Waals surface area contributed by atoms with Gasteiger partial charge >= 0.3 is 18.2 Å². The highest BCUT2D eigenvalue weighted by Gasteiger charge is 2.47. The van der Waals surface area contributed by atoms with Crippen LogP contribution >= 0.6 is 11.3 Å². The minimum atomic E-state index is -4.43. The van der Waals surface area contributed by atoms with Crippen LogP contribution in [0.2, 0.25) is 0 Å². The summed E-state index contributed by atoms with van der Waals surface area (Å²) in [5, 5.41) is 11.0. The predicted octanol–water partition coefficient (Wildman–Crippen LogP) is 6.43. The Balaban J connectivity index is 1.31. The van der Waals surface area contributed by atoms with Gasteiger partial charge in [-0.1, -0.05) is 6.07 Å². The number of ether oxygens (including phenoxy) is 1. The molecule has 6 nitrogen and oxygen atoms in total. The monoisotopic (exact) mass is 530 g/mol. The molecule has 1 amide bonds. The number of nitrogens with zero attached hydrogens (tertiary/aromatic N) is 2. The molecule has 0 radical (unpaired) electrons. The van der Waals surface area contributed by atoms with Crippen molar-refractivity contribution in [2.45, 2.75) is 38.1 Å². The molecule has 2 fully saturated rings. The summed E-state index contributed by atoms with van der Waals surface area (Å²) in [5.41, 5.74) is 1.03. The quantitative estimate of drug-likeness (QED) is 0.412. The van der Waals surface area contributed by atoms with Crippen LogP contribution < -0.4 is 4.90 Å². The van der Waals surface area contributed by atoms with Crippen LogP contribution in [0, 0.1) is 6.92 Å². The molecule has 0 saturated carbocycles. The number of benzene rings is 2. The number of alkyl halides is 3. The third kappa shape index (κ3) is 5.08. The number of carbonyl (C=O) groups excluding carboxylic acids is 1. The molecule has 2 aromatic carbocycles. The smallest absolute Gasteiger partial charge is 0.416 e.